The van der Waals surface area contributed by atoms with Crippen LogP contribution in [0.5, 0.6) is 0 Å². The summed E-state index contributed by atoms with van der Waals surface area (Å²) in [6, 6.07) is 6.64. The van der Waals surface area contributed by atoms with Crippen molar-refractivity contribution in [1.29, 1.82) is 0 Å². The highest BCUT2D eigenvalue weighted by atomic mass is 35.5. The molecule has 142 valence electrons. The van der Waals surface area contributed by atoms with Crippen LogP contribution in [0, 0.1) is 23.6 Å². The van der Waals surface area contributed by atoms with E-state index in [2.05, 4.69) is 31.4 Å². The van der Waals surface area contributed by atoms with Crippen LogP contribution in [-0.4, -0.2) is 25.0 Å². The lowest BCUT2D eigenvalue weighted by molar-refractivity contribution is -0.123. The molecule has 2 rings (SSSR count). The Morgan fingerprint density at radius 3 is 2.52 bits per heavy atom. The summed E-state index contributed by atoms with van der Waals surface area (Å²) in [5.41, 5.74) is 1.06. The molecule has 0 saturated carbocycles. The maximum Gasteiger partial charge on any atom is 0.220 e. The quantitative estimate of drug-likeness (QED) is 0.762. The topological polar surface area (TPSA) is 41.1 Å². The minimum atomic E-state index is -0.223. The van der Waals surface area contributed by atoms with Gasteiger partial charge in [0.25, 0.3) is 0 Å². The van der Waals surface area contributed by atoms with Gasteiger partial charge in [0.15, 0.2) is 0 Å². The van der Waals surface area contributed by atoms with Crippen molar-refractivity contribution >= 4 is 18.3 Å². The van der Waals surface area contributed by atoms with Gasteiger partial charge < -0.3 is 10.6 Å². The average molecular weight is 371 g/mol. The molecule has 1 aliphatic rings. The second-order valence-corrected chi connectivity index (χ2v) is 7.54. The lowest BCUT2D eigenvalue weighted by Gasteiger charge is -2.29. The lowest BCUT2D eigenvalue weighted by atomic mass is 9.85. The van der Waals surface area contributed by atoms with Gasteiger partial charge in [-0.1, -0.05) is 32.9 Å². The molecular formula is C20H32ClFN2O. The normalized spacial score (nSPS) is 19.8. The summed E-state index contributed by atoms with van der Waals surface area (Å²) in [5, 5.41) is 6.62. The predicted octanol–water partition coefficient (Wildman–Crippen LogP) is 3.96. The van der Waals surface area contributed by atoms with E-state index in [0.717, 1.165) is 25.1 Å². The number of nitrogens with one attached hydrogen (secondary N) is 2. The van der Waals surface area contributed by atoms with Crippen LogP contribution in [0.1, 0.15) is 45.6 Å². The fourth-order valence-electron chi connectivity index (χ4n) is 3.42. The standard InChI is InChI=1S/C20H31FN2O.ClH/c1-14(2)19(12-16-6-8-18(21)9-7-16)23-20(24)11-15(3)17-5-4-10-22-13-17;/h6-9,14-15,17,19,22H,4-5,10-13H2,1-3H3,(H,23,24);1H. The summed E-state index contributed by atoms with van der Waals surface area (Å²) < 4.78 is 13.0. The molecule has 1 saturated heterocycles. The molecule has 25 heavy (non-hydrogen) atoms. The molecule has 0 spiro atoms. The van der Waals surface area contributed by atoms with Gasteiger partial charge in [-0.05, 0) is 67.8 Å². The van der Waals surface area contributed by atoms with Crippen LogP contribution in [0.15, 0.2) is 24.3 Å². The van der Waals surface area contributed by atoms with E-state index < -0.39 is 0 Å². The van der Waals surface area contributed by atoms with Gasteiger partial charge in [-0.15, -0.1) is 12.4 Å². The highest BCUT2D eigenvalue weighted by Crippen LogP contribution is 2.22. The minimum absolute atomic E-state index is 0. The summed E-state index contributed by atoms with van der Waals surface area (Å²) in [6.07, 6.45) is 3.74. The molecule has 1 amide bonds. The van der Waals surface area contributed by atoms with E-state index in [9.17, 15) is 9.18 Å². The molecule has 3 nitrogen and oxygen atoms in total. The van der Waals surface area contributed by atoms with E-state index in [-0.39, 0.29) is 30.2 Å². The second kappa shape index (κ2) is 10.8. The smallest absolute Gasteiger partial charge is 0.220 e. The van der Waals surface area contributed by atoms with Gasteiger partial charge in [0, 0.05) is 12.5 Å². The number of benzene rings is 1. The highest BCUT2D eigenvalue weighted by molar-refractivity contribution is 5.85. The first kappa shape index (κ1) is 21.9. The Kier molecular flexibility index (Phi) is 9.44. The number of carbonyl (C=O) groups is 1. The van der Waals surface area contributed by atoms with Crippen molar-refractivity contribution in [1.82, 2.24) is 10.6 Å². The van der Waals surface area contributed by atoms with Crippen LogP contribution in [-0.2, 0) is 11.2 Å². The summed E-state index contributed by atoms with van der Waals surface area (Å²) in [7, 11) is 0. The van der Waals surface area contributed by atoms with Crippen LogP contribution >= 0.6 is 12.4 Å². The van der Waals surface area contributed by atoms with Crippen molar-refractivity contribution in [2.45, 2.75) is 52.5 Å². The number of amides is 1. The Morgan fingerprint density at radius 2 is 1.96 bits per heavy atom. The Labute approximate surface area is 157 Å². The first-order chi connectivity index (χ1) is 11.5. The minimum Gasteiger partial charge on any atom is -0.353 e. The Balaban J connectivity index is 0.00000312. The van der Waals surface area contributed by atoms with E-state index in [1.807, 2.05) is 0 Å². The molecule has 1 heterocycles. The number of piperidine rings is 1. The van der Waals surface area contributed by atoms with Crippen LogP contribution < -0.4 is 10.6 Å². The zero-order valence-electron chi connectivity index (χ0n) is 15.6. The lowest BCUT2D eigenvalue weighted by Crippen LogP contribution is -2.42. The maximum atomic E-state index is 13.0. The third-order valence-corrected chi connectivity index (χ3v) is 5.17. The molecule has 1 aromatic carbocycles. The number of halogens is 2. The molecular weight excluding hydrogens is 339 g/mol. The highest BCUT2D eigenvalue weighted by Gasteiger charge is 2.24. The molecule has 0 aromatic heterocycles. The zero-order valence-corrected chi connectivity index (χ0v) is 16.4. The largest absolute Gasteiger partial charge is 0.353 e. The molecule has 3 atom stereocenters. The van der Waals surface area contributed by atoms with E-state index >= 15 is 0 Å². The molecule has 5 heteroatoms. The third-order valence-electron chi connectivity index (χ3n) is 5.17. The zero-order chi connectivity index (χ0) is 17.5. The van der Waals surface area contributed by atoms with Crippen LogP contribution in [0.25, 0.3) is 0 Å². The first-order valence-electron chi connectivity index (χ1n) is 9.20. The van der Waals surface area contributed by atoms with Crippen molar-refractivity contribution < 1.29 is 9.18 Å². The molecule has 3 unspecified atom stereocenters. The number of carbonyl (C=O) groups excluding carboxylic acids is 1. The third kappa shape index (κ3) is 7.33. The fourth-order valence-corrected chi connectivity index (χ4v) is 3.42. The van der Waals surface area contributed by atoms with Crippen molar-refractivity contribution in [3.05, 3.63) is 35.6 Å². The predicted molar refractivity (Wildman–Crippen MR) is 103 cm³/mol. The summed E-state index contributed by atoms with van der Waals surface area (Å²) in [6.45, 7) is 8.54. The van der Waals surface area contributed by atoms with Crippen LogP contribution in [0.4, 0.5) is 4.39 Å². The molecule has 0 aliphatic carbocycles. The number of hydrogen-bond donors (Lipinski definition) is 2. The van der Waals surface area contributed by atoms with Crippen LogP contribution in [0.2, 0.25) is 0 Å². The van der Waals surface area contributed by atoms with Gasteiger partial charge in [-0.2, -0.15) is 0 Å². The fraction of sp³-hybridized carbons (Fsp3) is 0.650. The van der Waals surface area contributed by atoms with Crippen molar-refractivity contribution in [3.8, 4) is 0 Å². The summed E-state index contributed by atoms with van der Waals surface area (Å²) in [4.78, 5) is 12.5. The molecule has 1 fully saturated rings. The summed E-state index contributed by atoms with van der Waals surface area (Å²) >= 11 is 0. The SMILES string of the molecule is CC(C)C(Cc1ccc(F)cc1)NC(=O)CC(C)C1CCCNC1.Cl. The second-order valence-electron chi connectivity index (χ2n) is 7.54. The Morgan fingerprint density at radius 1 is 1.28 bits per heavy atom. The van der Waals surface area contributed by atoms with Gasteiger partial charge in [0.05, 0.1) is 0 Å². The molecule has 1 aromatic rings. The monoisotopic (exact) mass is 370 g/mol. The van der Waals surface area contributed by atoms with Crippen molar-refractivity contribution in [3.63, 3.8) is 0 Å². The average Bonchev–Trinajstić information content (AvgIpc) is 2.56. The van der Waals surface area contributed by atoms with Crippen LogP contribution in [0.3, 0.4) is 0 Å². The van der Waals surface area contributed by atoms with Gasteiger partial charge in [0.2, 0.25) is 5.91 Å². The van der Waals surface area contributed by atoms with E-state index in [1.54, 1.807) is 12.1 Å². The van der Waals surface area contributed by atoms with Crippen molar-refractivity contribution in [2.24, 2.45) is 17.8 Å². The van der Waals surface area contributed by atoms with Gasteiger partial charge >= 0.3 is 0 Å². The molecule has 2 N–H and O–H groups in total. The Hall–Kier alpha value is -1.13. The Bertz CT molecular complexity index is 515. The van der Waals surface area contributed by atoms with E-state index in [4.69, 9.17) is 0 Å². The van der Waals surface area contributed by atoms with Gasteiger partial charge in [0.1, 0.15) is 5.82 Å². The van der Waals surface area contributed by atoms with E-state index in [0.29, 0.717) is 24.2 Å². The molecule has 1 aliphatic heterocycles. The number of hydrogen-bond acceptors (Lipinski definition) is 2. The van der Waals surface area contributed by atoms with Gasteiger partial charge in [-0.25, -0.2) is 4.39 Å². The maximum absolute atomic E-state index is 13.0. The first-order valence-corrected chi connectivity index (χ1v) is 9.20. The van der Waals surface area contributed by atoms with E-state index in [1.165, 1.54) is 25.0 Å². The molecule has 0 bridgehead atoms. The summed E-state index contributed by atoms with van der Waals surface area (Å²) in [5.74, 6) is 1.24. The molecule has 0 radical (unpaired) electrons. The van der Waals surface area contributed by atoms with Gasteiger partial charge in [-0.3, -0.25) is 4.79 Å². The number of rotatable bonds is 7. The van der Waals surface area contributed by atoms with Crippen molar-refractivity contribution in [2.75, 3.05) is 13.1 Å².